The second kappa shape index (κ2) is 14.2. The standard InChI is InChI=1S/C27H39N3OS.Co/c1-5-6-17-30(19-18-29-15-10-11-16-29)25-21-23(2)22-26(32-28(3)4)27(25)31-20-14-24-12-8-7-9-13-24;/h2,7-9,12-13,21-22H,5-6,10-11,14-20H2,1,3-4H3;. The van der Waals surface area contributed by atoms with Crippen LogP contribution in [0.25, 0.3) is 0 Å². The molecule has 0 saturated carbocycles. The molecule has 6 heteroatoms. The van der Waals surface area contributed by atoms with E-state index < -0.39 is 0 Å². The Morgan fingerprint density at radius 2 is 1.85 bits per heavy atom. The third-order valence-corrected chi connectivity index (χ3v) is 7.15. The van der Waals surface area contributed by atoms with Gasteiger partial charge >= 0.3 is 213 Å². The van der Waals surface area contributed by atoms with Gasteiger partial charge in [-0.1, -0.05) is 0 Å². The summed E-state index contributed by atoms with van der Waals surface area (Å²) in [4.78, 5) is 8.17. The molecule has 1 heterocycles. The van der Waals surface area contributed by atoms with Gasteiger partial charge in [-0.25, -0.2) is 0 Å². The molecule has 33 heavy (non-hydrogen) atoms. The van der Waals surface area contributed by atoms with E-state index in [1.54, 1.807) is 11.9 Å². The molecule has 0 unspecified atom stereocenters. The predicted octanol–water partition coefficient (Wildman–Crippen LogP) is 5.28. The number of likely N-dealkylation sites (tertiary alicyclic amines) is 1. The molecule has 0 spiro atoms. The van der Waals surface area contributed by atoms with Gasteiger partial charge in [0.05, 0.1) is 0 Å². The minimum absolute atomic E-state index is 0.662. The van der Waals surface area contributed by atoms with E-state index in [-0.39, 0.29) is 0 Å². The molecule has 1 saturated heterocycles. The van der Waals surface area contributed by atoms with Crippen molar-refractivity contribution in [3.8, 4) is 5.75 Å². The van der Waals surface area contributed by atoms with Gasteiger partial charge in [-0.15, -0.1) is 0 Å². The van der Waals surface area contributed by atoms with Crippen molar-refractivity contribution in [1.29, 1.82) is 0 Å². The number of benzene rings is 2. The van der Waals surface area contributed by atoms with Crippen LogP contribution in [0.5, 0.6) is 5.75 Å². The third-order valence-electron chi connectivity index (χ3n) is 5.94. The summed E-state index contributed by atoms with van der Waals surface area (Å²) < 4.78 is 8.69. The van der Waals surface area contributed by atoms with Gasteiger partial charge in [-0.3, -0.25) is 0 Å². The van der Waals surface area contributed by atoms with Crippen molar-refractivity contribution in [3.63, 3.8) is 0 Å². The topological polar surface area (TPSA) is 19.0 Å². The van der Waals surface area contributed by atoms with Gasteiger partial charge in [-0.2, -0.15) is 0 Å². The van der Waals surface area contributed by atoms with Crippen LogP contribution in [-0.2, 0) is 21.7 Å². The Morgan fingerprint density at radius 1 is 1.09 bits per heavy atom. The van der Waals surface area contributed by atoms with E-state index in [1.807, 2.05) is 4.96 Å². The first kappa shape index (κ1) is 26.3. The zero-order valence-corrected chi connectivity index (χ0v) is 22.2. The molecule has 1 aliphatic heterocycles. The summed E-state index contributed by atoms with van der Waals surface area (Å²) in [6.45, 7) is 8.56. The zero-order chi connectivity index (χ0) is 23.5. The van der Waals surface area contributed by atoms with Crippen LogP contribution in [0.1, 0.15) is 43.7 Å². The van der Waals surface area contributed by atoms with Crippen molar-refractivity contribution in [1.82, 2.24) is 9.21 Å². The molecule has 0 radical (unpaired) electrons. The van der Waals surface area contributed by atoms with Crippen LogP contribution in [0.15, 0.2) is 47.4 Å². The fourth-order valence-corrected chi connectivity index (χ4v) is 5.20. The summed E-state index contributed by atoms with van der Waals surface area (Å²) in [5.41, 5.74) is 3.62. The van der Waals surface area contributed by atoms with Gasteiger partial charge in [0, 0.05) is 0 Å². The molecule has 4 nitrogen and oxygen atoms in total. The van der Waals surface area contributed by atoms with E-state index in [1.165, 1.54) is 50.0 Å². The van der Waals surface area contributed by atoms with E-state index >= 15 is 0 Å². The van der Waals surface area contributed by atoms with Crippen molar-refractivity contribution in [2.75, 3.05) is 58.3 Å². The molecular weight excluding hydrogens is 473 g/mol. The molecule has 1 aliphatic rings. The van der Waals surface area contributed by atoms with Crippen LogP contribution >= 0.6 is 11.9 Å². The normalized spacial score (nSPS) is 14.1. The van der Waals surface area contributed by atoms with Gasteiger partial charge in [0.1, 0.15) is 0 Å². The van der Waals surface area contributed by atoms with E-state index in [4.69, 9.17) is 4.74 Å². The molecule has 0 aliphatic carbocycles. The van der Waals surface area contributed by atoms with Gasteiger partial charge in [0.2, 0.25) is 0 Å². The van der Waals surface area contributed by atoms with Crippen molar-refractivity contribution < 1.29 is 20.0 Å². The maximum atomic E-state index is 6.56. The summed E-state index contributed by atoms with van der Waals surface area (Å²) >= 11 is 6.26. The average Bonchev–Trinajstić information content (AvgIpc) is 3.34. The van der Waals surface area contributed by atoms with E-state index in [2.05, 4.69) is 92.9 Å². The number of ether oxygens (including phenoxy) is 1. The number of hydrogen-bond donors (Lipinski definition) is 0. The summed E-state index contributed by atoms with van der Waals surface area (Å²) in [5.74, 6) is 1.00. The Balaban J connectivity index is 1.88. The summed E-state index contributed by atoms with van der Waals surface area (Å²) in [7, 11) is 4.16. The summed E-state index contributed by atoms with van der Waals surface area (Å²) in [6.07, 6.45) is 5.91. The maximum absolute atomic E-state index is 6.56. The zero-order valence-electron chi connectivity index (χ0n) is 20.4. The Hall–Kier alpha value is -1.31. The predicted molar refractivity (Wildman–Crippen MR) is 140 cm³/mol. The molecule has 2 aromatic rings. The van der Waals surface area contributed by atoms with Gasteiger partial charge in [-0.05, 0) is 0 Å². The van der Waals surface area contributed by atoms with Crippen LogP contribution in [-0.4, -0.2) is 67.6 Å². The Kier molecular flexibility index (Phi) is 11.3. The van der Waals surface area contributed by atoms with Crippen LogP contribution < -0.4 is 9.64 Å². The van der Waals surface area contributed by atoms with Crippen LogP contribution in [0.4, 0.5) is 5.69 Å². The second-order valence-electron chi connectivity index (χ2n) is 8.84. The number of hydrogen-bond acceptors (Lipinski definition) is 5. The molecular formula is C27H39CoN3OS. The minimum atomic E-state index is 0.662. The van der Waals surface area contributed by atoms with E-state index in [0.29, 0.717) is 6.61 Å². The number of rotatable bonds is 14. The second-order valence-corrected chi connectivity index (χ2v) is 10.5. The first-order valence-corrected chi connectivity index (χ1v) is 13.6. The summed E-state index contributed by atoms with van der Waals surface area (Å²) in [5, 5.41) is 0. The quantitative estimate of drug-likeness (QED) is 0.320. The third kappa shape index (κ3) is 8.44. The first-order chi connectivity index (χ1) is 16.1. The SMILES string of the molecule is CCCCN(CCN1CCCC1)c1cc([CH]=[Co])cc(SN(C)C)c1OCCc1ccccc1. The Morgan fingerprint density at radius 3 is 2.52 bits per heavy atom. The van der Waals surface area contributed by atoms with E-state index in [0.717, 1.165) is 42.3 Å². The van der Waals surface area contributed by atoms with Crippen LogP contribution in [0.2, 0.25) is 0 Å². The Labute approximate surface area is 212 Å². The van der Waals surface area contributed by atoms with E-state index in [9.17, 15) is 0 Å². The molecule has 1 fully saturated rings. The van der Waals surface area contributed by atoms with Crippen molar-refractivity contribution >= 4 is 22.6 Å². The van der Waals surface area contributed by atoms with Gasteiger partial charge in [0.15, 0.2) is 0 Å². The van der Waals surface area contributed by atoms with Crippen molar-refractivity contribution in [3.05, 3.63) is 53.6 Å². The average molecular weight is 513 g/mol. The molecule has 0 atom stereocenters. The molecule has 0 aromatic heterocycles. The molecule has 2 aromatic carbocycles. The monoisotopic (exact) mass is 512 g/mol. The number of anilines is 1. The molecule has 0 N–H and O–H groups in total. The molecule has 3 rings (SSSR count). The van der Waals surface area contributed by atoms with Crippen LogP contribution in [0, 0.1) is 0 Å². The Bertz CT molecular complexity index is 856. The van der Waals surface area contributed by atoms with Crippen molar-refractivity contribution in [2.24, 2.45) is 0 Å². The number of nitrogens with zero attached hydrogens (tertiary/aromatic N) is 3. The first-order valence-electron chi connectivity index (χ1n) is 12.2. The molecule has 183 valence electrons. The fraction of sp³-hybridized carbons (Fsp3) is 0.519. The molecule has 0 amide bonds. The van der Waals surface area contributed by atoms with Crippen LogP contribution in [0.3, 0.4) is 0 Å². The summed E-state index contributed by atoms with van der Waals surface area (Å²) in [6, 6.07) is 15.0. The fourth-order valence-electron chi connectivity index (χ4n) is 4.19. The van der Waals surface area contributed by atoms with Gasteiger partial charge in [0.25, 0.3) is 0 Å². The van der Waals surface area contributed by atoms with Crippen molar-refractivity contribution in [2.45, 2.75) is 43.9 Å². The number of unbranched alkanes of at least 4 members (excludes halogenated alkanes) is 1. The van der Waals surface area contributed by atoms with Gasteiger partial charge < -0.3 is 0 Å². The molecule has 0 bridgehead atoms.